The van der Waals surface area contributed by atoms with E-state index in [0.717, 1.165) is 30.4 Å². The molecule has 0 spiro atoms. The normalized spacial score (nSPS) is 11.4. The molecule has 0 heterocycles. The monoisotopic (exact) mass is 448 g/mol. The average molecular weight is 448 g/mol. The zero-order valence-corrected chi connectivity index (χ0v) is 17.3. The van der Waals surface area contributed by atoms with Gasteiger partial charge in [-0.1, -0.05) is 56.2 Å². The summed E-state index contributed by atoms with van der Waals surface area (Å²) in [6.07, 6.45) is -0.690. The quantitative estimate of drug-likeness (QED) is 0.161. The van der Waals surface area contributed by atoms with Gasteiger partial charge in [-0.05, 0) is 41.7 Å². The Morgan fingerprint density at radius 2 is 1.38 bits per heavy atom. The van der Waals surface area contributed by atoms with Crippen molar-refractivity contribution in [2.45, 2.75) is 38.8 Å². The number of rotatable bonds is 7. The van der Waals surface area contributed by atoms with Gasteiger partial charge in [0.25, 0.3) is 0 Å². The number of unbranched alkanes of at least 4 members (excludes halogenated alkanes) is 2. The van der Waals surface area contributed by atoms with Crippen LogP contribution >= 0.6 is 0 Å². The molecule has 2 nitrogen and oxygen atoms in total. The van der Waals surface area contributed by atoms with Crippen LogP contribution in [0, 0.1) is 11.6 Å². The van der Waals surface area contributed by atoms with Crippen LogP contribution < -0.4 is 4.74 Å². The molecule has 3 aromatic rings. The number of hydrogen-bond donors (Lipinski definition) is 0. The number of alkyl halides is 3. The molecule has 0 aliphatic rings. The van der Waals surface area contributed by atoms with Gasteiger partial charge in [0, 0.05) is 12.1 Å². The maximum absolute atomic E-state index is 13.7. The second-order valence-electron chi connectivity index (χ2n) is 7.38. The Bertz CT molecular complexity index is 1050. The fourth-order valence-corrected chi connectivity index (χ4v) is 3.29. The minimum absolute atomic E-state index is 0.0886. The number of benzene rings is 3. The Labute approximate surface area is 182 Å². The fraction of sp³-hybridized carbons (Fsp3) is 0.240. The van der Waals surface area contributed by atoms with E-state index in [9.17, 15) is 26.7 Å². The minimum atomic E-state index is -5.19. The molecule has 7 heteroatoms. The van der Waals surface area contributed by atoms with E-state index in [1.165, 1.54) is 24.1 Å². The van der Waals surface area contributed by atoms with Gasteiger partial charge in [0.2, 0.25) is 0 Å². The highest BCUT2D eigenvalue weighted by Gasteiger charge is 2.38. The molecule has 0 aromatic heterocycles. The van der Waals surface area contributed by atoms with Gasteiger partial charge in [-0.3, -0.25) is 0 Å². The fourth-order valence-electron chi connectivity index (χ4n) is 3.29. The first-order valence-corrected chi connectivity index (χ1v) is 10.2. The molecule has 0 amide bonds. The van der Waals surface area contributed by atoms with Gasteiger partial charge in [-0.2, -0.15) is 13.2 Å². The van der Waals surface area contributed by atoms with E-state index < -0.39 is 35.1 Å². The molecule has 0 bridgehead atoms. The molecule has 32 heavy (non-hydrogen) atoms. The second-order valence-corrected chi connectivity index (χ2v) is 7.38. The standard InChI is InChI=1S/C25H21F5O2/c1-2-3-4-5-16-6-8-17(9-7-16)18-10-12-19(13-11-18)24(31)32-20-14-21(26)23(22(27)15-20)25(28,29)30/h6-15H,2-5H2,1H3. The lowest BCUT2D eigenvalue weighted by molar-refractivity contribution is -0.142. The number of carbonyl (C=O) groups excluding carboxylic acids is 1. The van der Waals surface area contributed by atoms with Gasteiger partial charge in [-0.15, -0.1) is 0 Å². The zero-order valence-electron chi connectivity index (χ0n) is 17.3. The van der Waals surface area contributed by atoms with Crippen LogP contribution in [-0.2, 0) is 12.6 Å². The summed E-state index contributed by atoms with van der Waals surface area (Å²) < 4.78 is 70.1. The molecule has 0 saturated carbocycles. The Hall–Kier alpha value is -3.22. The third kappa shape index (κ3) is 5.72. The number of aryl methyl sites for hydroxylation is 1. The maximum atomic E-state index is 13.7. The third-order valence-corrected chi connectivity index (χ3v) is 4.99. The van der Waals surface area contributed by atoms with Gasteiger partial charge in [-0.25, -0.2) is 13.6 Å². The van der Waals surface area contributed by atoms with Gasteiger partial charge in [0.1, 0.15) is 22.9 Å². The predicted molar refractivity (Wildman–Crippen MR) is 111 cm³/mol. The van der Waals surface area contributed by atoms with Crippen molar-refractivity contribution >= 4 is 5.97 Å². The predicted octanol–water partition coefficient (Wildman–Crippen LogP) is 7.60. The number of hydrogen-bond acceptors (Lipinski definition) is 2. The summed E-state index contributed by atoms with van der Waals surface area (Å²) in [7, 11) is 0. The van der Waals surface area contributed by atoms with Crippen molar-refractivity contribution in [3.8, 4) is 16.9 Å². The molecule has 0 saturated heterocycles. The van der Waals surface area contributed by atoms with E-state index >= 15 is 0 Å². The summed E-state index contributed by atoms with van der Waals surface area (Å²) >= 11 is 0. The van der Waals surface area contributed by atoms with Crippen LogP contribution in [0.5, 0.6) is 5.75 Å². The van der Waals surface area contributed by atoms with E-state index in [0.29, 0.717) is 12.1 Å². The smallest absolute Gasteiger partial charge is 0.422 e. The van der Waals surface area contributed by atoms with Gasteiger partial charge >= 0.3 is 12.1 Å². The minimum Gasteiger partial charge on any atom is -0.423 e. The number of ether oxygens (including phenoxy) is 1. The molecule has 0 aliphatic carbocycles. The lowest BCUT2D eigenvalue weighted by atomic mass is 10.0. The van der Waals surface area contributed by atoms with Crippen molar-refractivity contribution in [2.24, 2.45) is 0 Å². The lowest BCUT2D eigenvalue weighted by Gasteiger charge is -2.11. The van der Waals surface area contributed by atoms with Crippen LogP contribution in [0.3, 0.4) is 0 Å². The van der Waals surface area contributed by atoms with Crippen molar-refractivity contribution in [3.63, 3.8) is 0 Å². The summed E-state index contributed by atoms with van der Waals surface area (Å²) in [5.74, 6) is -5.30. The average Bonchev–Trinajstić information content (AvgIpc) is 2.73. The lowest BCUT2D eigenvalue weighted by Crippen LogP contribution is -2.13. The summed E-state index contributed by atoms with van der Waals surface area (Å²) in [6.45, 7) is 2.16. The second kappa shape index (κ2) is 9.94. The molecule has 0 N–H and O–H groups in total. The molecular weight excluding hydrogens is 427 g/mol. The number of esters is 1. The largest absolute Gasteiger partial charge is 0.423 e. The van der Waals surface area contributed by atoms with Crippen LogP contribution in [0.25, 0.3) is 11.1 Å². The summed E-state index contributed by atoms with van der Waals surface area (Å²) in [4.78, 5) is 12.2. The first-order chi connectivity index (χ1) is 15.2. The molecule has 0 aliphatic heterocycles. The topological polar surface area (TPSA) is 26.3 Å². The van der Waals surface area contributed by atoms with E-state index in [-0.39, 0.29) is 5.56 Å². The molecule has 0 atom stereocenters. The number of carbonyl (C=O) groups is 1. The molecule has 0 unspecified atom stereocenters. The van der Waals surface area contributed by atoms with Crippen molar-refractivity contribution in [1.29, 1.82) is 0 Å². The highest BCUT2D eigenvalue weighted by atomic mass is 19.4. The highest BCUT2D eigenvalue weighted by molar-refractivity contribution is 5.91. The molecular formula is C25H21F5O2. The van der Waals surface area contributed by atoms with Crippen molar-refractivity contribution < 1.29 is 31.5 Å². The SMILES string of the molecule is CCCCCc1ccc(-c2ccc(C(=O)Oc3cc(F)c(C(F)(F)F)c(F)c3)cc2)cc1. The summed E-state index contributed by atoms with van der Waals surface area (Å²) in [6, 6.07) is 15.1. The van der Waals surface area contributed by atoms with Crippen molar-refractivity contribution in [3.05, 3.63) is 89.0 Å². The Morgan fingerprint density at radius 1 is 0.844 bits per heavy atom. The first-order valence-electron chi connectivity index (χ1n) is 10.2. The van der Waals surface area contributed by atoms with Crippen molar-refractivity contribution in [1.82, 2.24) is 0 Å². The van der Waals surface area contributed by atoms with E-state index in [2.05, 4.69) is 19.1 Å². The van der Waals surface area contributed by atoms with Gasteiger partial charge < -0.3 is 4.74 Å². The summed E-state index contributed by atoms with van der Waals surface area (Å²) in [5.41, 5.74) is 1.12. The highest BCUT2D eigenvalue weighted by Crippen LogP contribution is 2.35. The molecule has 168 valence electrons. The Balaban J connectivity index is 1.69. The molecule has 3 rings (SSSR count). The van der Waals surface area contributed by atoms with Crippen LogP contribution in [0.1, 0.15) is 47.7 Å². The molecule has 0 fully saturated rings. The zero-order chi connectivity index (χ0) is 23.3. The van der Waals surface area contributed by atoms with Gasteiger partial charge in [0.15, 0.2) is 0 Å². The van der Waals surface area contributed by atoms with Crippen molar-refractivity contribution in [2.75, 3.05) is 0 Å². The Kier molecular flexibility index (Phi) is 7.28. The third-order valence-electron chi connectivity index (χ3n) is 4.99. The first kappa shape index (κ1) is 23.4. The molecule has 0 radical (unpaired) electrons. The van der Waals surface area contributed by atoms with Crippen LogP contribution in [0.2, 0.25) is 0 Å². The van der Waals surface area contributed by atoms with Crippen LogP contribution in [-0.4, -0.2) is 5.97 Å². The maximum Gasteiger partial charge on any atom is 0.422 e. The van der Waals surface area contributed by atoms with Gasteiger partial charge in [0.05, 0.1) is 5.56 Å². The molecule has 3 aromatic carbocycles. The summed E-state index contributed by atoms with van der Waals surface area (Å²) in [5, 5.41) is 0. The van der Waals surface area contributed by atoms with Crippen LogP contribution in [0.15, 0.2) is 60.7 Å². The van der Waals surface area contributed by atoms with E-state index in [1.807, 2.05) is 12.1 Å². The van der Waals surface area contributed by atoms with Crippen LogP contribution in [0.4, 0.5) is 22.0 Å². The number of halogens is 5. The van der Waals surface area contributed by atoms with E-state index in [4.69, 9.17) is 4.74 Å². The van der Waals surface area contributed by atoms with E-state index in [1.54, 1.807) is 12.1 Å². The Morgan fingerprint density at radius 3 is 1.88 bits per heavy atom.